The van der Waals surface area contributed by atoms with E-state index in [1.165, 1.54) is 0 Å². The van der Waals surface area contributed by atoms with E-state index in [4.69, 9.17) is 21.7 Å². The Morgan fingerprint density at radius 1 is 1.16 bits per heavy atom. The van der Waals surface area contributed by atoms with Crippen LogP contribution < -0.4 is 10.1 Å². The SMILES string of the molecule is CCOC(=O)CN1C(=S)N[C@@H](c2ccccn2)[C@@H]1c1ccc(C)n1-c1ccc(OC)cc1. The Hall–Kier alpha value is -3.39. The van der Waals surface area contributed by atoms with Crippen LogP contribution in [0.15, 0.2) is 60.8 Å². The van der Waals surface area contributed by atoms with Gasteiger partial charge in [0.05, 0.1) is 31.5 Å². The van der Waals surface area contributed by atoms with Crippen LogP contribution in [0.25, 0.3) is 5.69 Å². The van der Waals surface area contributed by atoms with Crippen LogP contribution in [-0.4, -0.2) is 45.8 Å². The van der Waals surface area contributed by atoms with E-state index in [0.29, 0.717) is 11.7 Å². The van der Waals surface area contributed by atoms with Crippen molar-refractivity contribution in [3.05, 3.63) is 77.9 Å². The van der Waals surface area contributed by atoms with E-state index in [1.54, 1.807) is 20.2 Å². The van der Waals surface area contributed by atoms with Crippen LogP contribution in [0.3, 0.4) is 0 Å². The van der Waals surface area contributed by atoms with E-state index >= 15 is 0 Å². The Bertz CT molecular complexity index is 1100. The second-order valence-electron chi connectivity index (χ2n) is 7.49. The first kappa shape index (κ1) is 21.8. The molecule has 1 saturated heterocycles. The van der Waals surface area contributed by atoms with Gasteiger partial charge in [0.15, 0.2) is 5.11 Å². The number of aromatic nitrogens is 2. The molecular weight excluding hydrogens is 424 g/mol. The zero-order valence-electron chi connectivity index (χ0n) is 18.3. The molecule has 0 aliphatic carbocycles. The molecule has 1 aromatic carbocycles. The summed E-state index contributed by atoms with van der Waals surface area (Å²) in [5, 5.41) is 3.88. The molecule has 0 radical (unpaired) electrons. The highest BCUT2D eigenvalue weighted by Crippen LogP contribution is 2.40. The number of carbonyl (C=O) groups excluding carboxylic acids is 1. The van der Waals surface area contributed by atoms with E-state index in [2.05, 4.69) is 33.9 Å². The number of nitrogens with one attached hydrogen (secondary N) is 1. The molecule has 32 heavy (non-hydrogen) atoms. The number of rotatable bonds is 7. The van der Waals surface area contributed by atoms with Crippen molar-refractivity contribution in [2.45, 2.75) is 25.9 Å². The summed E-state index contributed by atoms with van der Waals surface area (Å²) in [6, 6.07) is 17.4. The van der Waals surface area contributed by atoms with Gasteiger partial charge in [0, 0.05) is 23.3 Å². The van der Waals surface area contributed by atoms with Crippen molar-refractivity contribution < 1.29 is 14.3 Å². The molecule has 0 bridgehead atoms. The smallest absolute Gasteiger partial charge is 0.325 e. The van der Waals surface area contributed by atoms with Crippen LogP contribution in [0.4, 0.5) is 0 Å². The molecule has 8 heteroatoms. The summed E-state index contributed by atoms with van der Waals surface area (Å²) in [7, 11) is 1.65. The number of esters is 1. The normalized spacial score (nSPS) is 17.8. The van der Waals surface area contributed by atoms with Crippen molar-refractivity contribution in [3.63, 3.8) is 0 Å². The zero-order chi connectivity index (χ0) is 22.7. The minimum Gasteiger partial charge on any atom is -0.497 e. The summed E-state index contributed by atoms with van der Waals surface area (Å²) in [6.07, 6.45) is 1.76. The monoisotopic (exact) mass is 450 g/mol. The number of hydrogen-bond donors (Lipinski definition) is 1. The molecule has 1 fully saturated rings. The van der Waals surface area contributed by atoms with Crippen LogP contribution in [0.2, 0.25) is 0 Å². The highest BCUT2D eigenvalue weighted by atomic mass is 32.1. The van der Waals surface area contributed by atoms with E-state index in [0.717, 1.165) is 28.5 Å². The topological polar surface area (TPSA) is 68.6 Å². The second kappa shape index (κ2) is 9.40. The van der Waals surface area contributed by atoms with E-state index in [9.17, 15) is 4.79 Å². The number of hydrogen-bond acceptors (Lipinski definition) is 5. The molecule has 4 rings (SSSR count). The number of pyridine rings is 1. The summed E-state index contributed by atoms with van der Waals surface area (Å²) < 4.78 is 12.7. The van der Waals surface area contributed by atoms with Gasteiger partial charge in [-0.25, -0.2) is 0 Å². The molecule has 2 aromatic heterocycles. The predicted octanol–water partition coefficient (Wildman–Crippen LogP) is 3.72. The lowest BCUT2D eigenvalue weighted by atomic mass is 10.0. The van der Waals surface area contributed by atoms with Crippen LogP contribution in [0, 0.1) is 6.92 Å². The highest BCUT2D eigenvalue weighted by Gasteiger charge is 2.42. The van der Waals surface area contributed by atoms with Crippen molar-refractivity contribution in [3.8, 4) is 11.4 Å². The minimum atomic E-state index is -0.317. The maximum Gasteiger partial charge on any atom is 0.325 e. The second-order valence-corrected chi connectivity index (χ2v) is 7.88. The summed E-state index contributed by atoms with van der Waals surface area (Å²) in [4.78, 5) is 18.9. The first-order valence-electron chi connectivity index (χ1n) is 10.5. The van der Waals surface area contributed by atoms with Crippen molar-refractivity contribution >= 4 is 23.3 Å². The van der Waals surface area contributed by atoms with Gasteiger partial charge < -0.3 is 24.3 Å². The third-order valence-electron chi connectivity index (χ3n) is 5.54. The van der Waals surface area contributed by atoms with Gasteiger partial charge in [0.1, 0.15) is 12.3 Å². The maximum atomic E-state index is 12.4. The van der Waals surface area contributed by atoms with Crippen LogP contribution in [-0.2, 0) is 9.53 Å². The van der Waals surface area contributed by atoms with Crippen molar-refractivity contribution in [2.24, 2.45) is 0 Å². The Morgan fingerprint density at radius 2 is 1.94 bits per heavy atom. The number of benzene rings is 1. The molecule has 2 atom stereocenters. The Labute approximate surface area is 193 Å². The van der Waals surface area contributed by atoms with Crippen molar-refractivity contribution in [1.29, 1.82) is 0 Å². The van der Waals surface area contributed by atoms with Gasteiger partial charge in [-0.15, -0.1) is 0 Å². The van der Waals surface area contributed by atoms with Crippen LogP contribution >= 0.6 is 12.2 Å². The van der Waals surface area contributed by atoms with E-state index in [1.807, 2.05) is 47.4 Å². The third kappa shape index (κ3) is 4.18. The molecule has 1 aliphatic heterocycles. The van der Waals surface area contributed by atoms with Gasteiger partial charge in [-0.1, -0.05) is 6.07 Å². The fourth-order valence-electron chi connectivity index (χ4n) is 4.12. The predicted molar refractivity (Wildman–Crippen MR) is 126 cm³/mol. The molecule has 7 nitrogen and oxygen atoms in total. The minimum absolute atomic E-state index is 0.0561. The summed E-state index contributed by atoms with van der Waals surface area (Å²) in [5.41, 5.74) is 3.92. The number of ether oxygens (including phenoxy) is 2. The van der Waals surface area contributed by atoms with Gasteiger partial charge in [0.25, 0.3) is 0 Å². The molecule has 1 N–H and O–H groups in total. The van der Waals surface area contributed by atoms with Gasteiger partial charge in [0.2, 0.25) is 0 Å². The molecule has 166 valence electrons. The molecule has 0 unspecified atom stereocenters. The lowest BCUT2D eigenvalue weighted by Crippen LogP contribution is -2.36. The number of carbonyl (C=O) groups is 1. The molecular formula is C24H26N4O3S. The third-order valence-corrected chi connectivity index (χ3v) is 5.89. The van der Waals surface area contributed by atoms with Crippen LogP contribution in [0.1, 0.15) is 36.1 Å². The van der Waals surface area contributed by atoms with Crippen molar-refractivity contribution in [2.75, 3.05) is 20.3 Å². The average Bonchev–Trinajstić information content (AvgIpc) is 3.34. The number of thiocarbonyl (C=S) groups is 1. The number of methoxy groups -OCH3 is 1. The summed E-state index contributed by atoms with van der Waals surface area (Å²) >= 11 is 5.65. The fourth-order valence-corrected chi connectivity index (χ4v) is 4.42. The van der Waals surface area contributed by atoms with Crippen molar-refractivity contribution in [1.82, 2.24) is 19.8 Å². The fraction of sp³-hybridized carbons (Fsp3) is 0.292. The molecule has 3 heterocycles. The summed E-state index contributed by atoms with van der Waals surface area (Å²) in [6.45, 7) is 4.23. The Kier molecular flexibility index (Phi) is 6.41. The van der Waals surface area contributed by atoms with Crippen LogP contribution in [0.5, 0.6) is 5.75 Å². The van der Waals surface area contributed by atoms with E-state index in [-0.39, 0.29) is 24.6 Å². The highest BCUT2D eigenvalue weighted by molar-refractivity contribution is 7.80. The number of aryl methyl sites for hydroxylation is 1. The van der Waals surface area contributed by atoms with Gasteiger partial charge >= 0.3 is 5.97 Å². The summed E-state index contributed by atoms with van der Waals surface area (Å²) in [5.74, 6) is 0.474. The van der Waals surface area contributed by atoms with Gasteiger partial charge in [-0.05, 0) is 74.6 Å². The molecule has 3 aromatic rings. The number of nitrogens with zero attached hydrogens (tertiary/aromatic N) is 3. The maximum absolute atomic E-state index is 12.4. The lowest BCUT2D eigenvalue weighted by Gasteiger charge is -2.28. The lowest BCUT2D eigenvalue weighted by molar-refractivity contribution is -0.143. The quantitative estimate of drug-likeness (QED) is 0.435. The standard InChI is InChI=1S/C24H26N4O3S/c1-4-31-21(29)15-27-23(22(26-24(27)32)19-7-5-6-14-25-19)20-13-8-16(2)28(20)17-9-11-18(30-3)12-10-17/h5-14,22-23H,4,15H2,1-3H3,(H,26,32)/t22-,23-/m0/s1. The Balaban J connectivity index is 1.80. The Morgan fingerprint density at radius 3 is 2.59 bits per heavy atom. The molecule has 0 saturated carbocycles. The van der Waals surface area contributed by atoms with Gasteiger partial charge in [-0.3, -0.25) is 9.78 Å². The van der Waals surface area contributed by atoms with Gasteiger partial charge in [-0.2, -0.15) is 0 Å². The first-order valence-corrected chi connectivity index (χ1v) is 10.9. The zero-order valence-corrected chi connectivity index (χ0v) is 19.1. The first-order chi connectivity index (χ1) is 15.5. The average molecular weight is 451 g/mol. The molecule has 1 aliphatic rings. The largest absolute Gasteiger partial charge is 0.497 e. The molecule has 0 spiro atoms. The molecule has 0 amide bonds. The van der Waals surface area contributed by atoms with E-state index < -0.39 is 0 Å².